The van der Waals surface area contributed by atoms with E-state index in [1.165, 1.54) is 0 Å². The van der Waals surface area contributed by atoms with Gasteiger partial charge in [0.2, 0.25) is 0 Å². The van der Waals surface area contributed by atoms with Gasteiger partial charge in [-0.05, 0) is 40.5 Å². The van der Waals surface area contributed by atoms with E-state index < -0.39 is 23.8 Å². The summed E-state index contributed by atoms with van der Waals surface area (Å²) in [5.41, 5.74) is 0. The molecule has 2 fully saturated rings. The lowest BCUT2D eigenvalue weighted by atomic mass is 10.0. The van der Waals surface area contributed by atoms with E-state index in [0.717, 1.165) is 6.42 Å². The van der Waals surface area contributed by atoms with Gasteiger partial charge in [-0.15, -0.1) is 0 Å². The van der Waals surface area contributed by atoms with Crippen LogP contribution in [0.25, 0.3) is 0 Å². The molecule has 0 aromatic rings. The number of hydrogen-bond donors (Lipinski definition) is 1. The van der Waals surface area contributed by atoms with Crippen molar-refractivity contribution in [3.05, 3.63) is 12.2 Å². The molecule has 0 spiro atoms. The van der Waals surface area contributed by atoms with E-state index in [4.69, 9.17) is 18.9 Å². The Morgan fingerprint density at radius 3 is 2.38 bits per heavy atom. The zero-order valence-electron chi connectivity index (χ0n) is 13.7. The summed E-state index contributed by atoms with van der Waals surface area (Å²) >= 11 is 0. The molecule has 2 rings (SSSR count). The number of allylic oxidation sites excluding steroid dienone is 1. The lowest BCUT2D eigenvalue weighted by molar-refractivity contribution is -0.175. The van der Waals surface area contributed by atoms with Crippen LogP contribution in [0.3, 0.4) is 0 Å². The van der Waals surface area contributed by atoms with Gasteiger partial charge in [-0.3, -0.25) is 0 Å². The second kappa shape index (κ2) is 6.34. The van der Waals surface area contributed by atoms with Crippen LogP contribution in [-0.4, -0.2) is 47.7 Å². The first-order valence-corrected chi connectivity index (χ1v) is 7.74. The molecule has 5 heteroatoms. The molecule has 0 aromatic carbocycles. The minimum Gasteiger partial charge on any atom is -0.390 e. The summed E-state index contributed by atoms with van der Waals surface area (Å²) in [4.78, 5) is 0. The minimum atomic E-state index is -0.721. The summed E-state index contributed by atoms with van der Waals surface area (Å²) in [7, 11) is 0. The lowest BCUT2D eigenvalue weighted by Crippen LogP contribution is -2.43. The Labute approximate surface area is 127 Å². The Morgan fingerprint density at radius 1 is 1.10 bits per heavy atom. The predicted molar refractivity (Wildman–Crippen MR) is 78.8 cm³/mol. The molecule has 2 saturated heterocycles. The molecule has 2 aliphatic rings. The van der Waals surface area contributed by atoms with Crippen LogP contribution in [0.1, 0.15) is 47.5 Å². The van der Waals surface area contributed by atoms with Crippen LogP contribution in [0, 0.1) is 0 Å². The summed E-state index contributed by atoms with van der Waals surface area (Å²) in [5, 5.41) is 10.4. The van der Waals surface area contributed by atoms with Crippen LogP contribution in [0.2, 0.25) is 0 Å². The monoisotopic (exact) mass is 300 g/mol. The molecule has 0 aliphatic carbocycles. The van der Waals surface area contributed by atoms with E-state index in [1.54, 1.807) is 0 Å². The third-order valence-corrected chi connectivity index (χ3v) is 3.72. The van der Waals surface area contributed by atoms with Crippen molar-refractivity contribution in [1.82, 2.24) is 0 Å². The van der Waals surface area contributed by atoms with Gasteiger partial charge >= 0.3 is 0 Å². The van der Waals surface area contributed by atoms with Gasteiger partial charge in [-0.1, -0.05) is 19.1 Å². The number of aliphatic hydroxyl groups excluding tert-OH is 1. The molecule has 1 N–H and O–H groups in total. The molecule has 0 saturated carbocycles. The molecule has 21 heavy (non-hydrogen) atoms. The minimum absolute atomic E-state index is 0.225. The molecular weight excluding hydrogens is 272 g/mol. The molecule has 0 radical (unpaired) electrons. The maximum atomic E-state index is 10.4. The third kappa shape index (κ3) is 4.27. The zero-order valence-corrected chi connectivity index (χ0v) is 13.7. The van der Waals surface area contributed by atoms with Gasteiger partial charge in [-0.25, -0.2) is 0 Å². The molecule has 0 unspecified atom stereocenters. The number of aliphatic hydroxyl groups is 1. The quantitative estimate of drug-likeness (QED) is 0.790. The average molecular weight is 300 g/mol. The SMILES string of the molecule is CC/C=C\C[C@H](O)[C@@H]1OC(C)(C)O[C@H]1[C@H]1COC(C)(C)O1. The molecule has 2 aliphatic heterocycles. The van der Waals surface area contributed by atoms with Crippen LogP contribution in [0.15, 0.2) is 12.2 Å². The van der Waals surface area contributed by atoms with Crippen LogP contribution < -0.4 is 0 Å². The summed E-state index contributed by atoms with van der Waals surface area (Å²) < 4.78 is 23.3. The first kappa shape index (κ1) is 16.9. The van der Waals surface area contributed by atoms with Gasteiger partial charge < -0.3 is 24.1 Å². The first-order valence-electron chi connectivity index (χ1n) is 7.74. The van der Waals surface area contributed by atoms with E-state index in [-0.39, 0.29) is 12.2 Å². The molecular formula is C16H28O5. The Kier molecular flexibility index (Phi) is 5.11. The summed E-state index contributed by atoms with van der Waals surface area (Å²) in [5.74, 6) is -1.33. The Balaban J connectivity index is 2.05. The van der Waals surface area contributed by atoms with Crippen molar-refractivity contribution in [2.75, 3.05) is 6.61 Å². The van der Waals surface area contributed by atoms with Crippen molar-refractivity contribution in [2.24, 2.45) is 0 Å². The van der Waals surface area contributed by atoms with E-state index in [0.29, 0.717) is 13.0 Å². The maximum absolute atomic E-state index is 10.4. The molecule has 0 bridgehead atoms. The second-order valence-electron chi connectivity index (χ2n) is 6.61. The first-order chi connectivity index (χ1) is 9.74. The van der Waals surface area contributed by atoms with Crippen molar-refractivity contribution >= 4 is 0 Å². The van der Waals surface area contributed by atoms with Crippen molar-refractivity contribution in [1.29, 1.82) is 0 Å². The van der Waals surface area contributed by atoms with Crippen molar-refractivity contribution in [2.45, 2.75) is 83.5 Å². The normalized spacial score (nSPS) is 36.4. The third-order valence-electron chi connectivity index (χ3n) is 3.72. The number of rotatable bonds is 5. The van der Waals surface area contributed by atoms with Crippen LogP contribution in [0.5, 0.6) is 0 Å². The Bertz CT molecular complexity index is 377. The van der Waals surface area contributed by atoms with Gasteiger partial charge in [0.1, 0.15) is 18.3 Å². The fourth-order valence-electron chi connectivity index (χ4n) is 2.82. The highest BCUT2D eigenvalue weighted by Gasteiger charge is 2.51. The smallest absolute Gasteiger partial charge is 0.164 e. The molecule has 4 atom stereocenters. The molecule has 0 amide bonds. The van der Waals surface area contributed by atoms with Gasteiger partial charge in [-0.2, -0.15) is 0 Å². The highest BCUT2D eigenvalue weighted by Crippen LogP contribution is 2.37. The maximum Gasteiger partial charge on any atom is 0.164 e. The van der Waals surface area contributed by atoms with Crippen LogP contribution >= 0.6 is 0 Å². The van der Waals surface area contributed by atoms with Crippen molar-refractivity contribution in [3.63, 3.8) is 0 Å². The van der Waals surface area contributed by atoms with Crippen molar-refractivity contribution in [3.8, 4) is 0 Å². The summed E-state index contributed by atoms with van der Waals surface area (Å²) in [6.45, 7) is 9.98. The summed E-state index contributed by atoms with van der Waals surface area (Å²) in [6, 6.07) is 0. The predicted octanol–water partition coefficient (Wildman–Crippen LogP) is 2.38. The standard InChI is InChI=1S/C16H28O5/c1-6-7-8-9-11(17)13-14(21-16(4,5)20-13)12-10-18-15(2,3)19-12/h7-8,11-14,17H,6,9-10H2,1-5H3/b8-7-/t11-,12+,13-,14-/m0/s1. The number of ether oxygens (including phenoxy) is 4. The molecule has 122 valence electrons. The topological polar surface area (TPSA) is 57.2 Å². The molecule has 0 aromatic heterocycles. The highest BCUT2D eigenvalue weighted by molar-refractivity contribution is 4.96. The zero-order chi connectivity index (χ0) is 15.7. The van der Waals surface area contributed by atoms with Gasteiger partial charge in [0.15, 0.2) is 11.6 Å². The lowest BCUT2D eigenvalue weighted by Gasteiger charge is -2.26. The molecule has 5 nitrogen and oxygen atoms in total. The fraction of sp³-hybridized carbons (Fsp3) is 0.875. The van der Waals surface area contributed by atoms with E-state index >= 15 is 0 Å². The van der Waals surface area contributed by atoms with E-state index in [2.05, 4.69) is 6.92 Å². The largest absolute Gasteiger partial charge is 0.390 e. The summed E-state index contributed by atoms with van der Waals surface area (Å²) in [6.07, 6.45) is 3.94. The number of hydrogen-bond acceptors (Lipinski definition) is 5. The van der Waals surface area contributed by atoms with E-state index in [1.807, 2.05) is 39.8 Å². The van der Waals surface area contributed by atoms with Gasteiger partial charge in [0.25, 0.3) is 0 Å². The average Bonchev–Trinajstić information content (AvgIpc) is 2.89. The van der Waals surface area contributed by atoms with Crippen molar-refractivity contribution < 1.29 is 24.1 Å². The second-order valence-corrected chi connectivity index (χ2v) is 6.61. The Morgan fingerprint density at radius 2 is 1.81 bits per heavy atom. The molecule has 2 heterocycles. The van der Waals surface area contributed by atoms with E-state index in [9.17, 15) is 5.11 Å². The highest BCUT2D eigenvalue weighted by atomic mass is 16.8. The Hall–Kier alpha value is -0.460. The van der Waals surface area contributed by atoms with Gasteiger partial charge in [0, 0.05) is 0 Å². The fourth-order valence-corrected chi connectivity index (χ4v) is 2.82. The van der Waals surface area contributed by atoms with Crippen LogP contribution in [0.4, 0.5) is 0 Å². The van der Waals surface area contributed by atoms with Gasteiger partial charge in [0.05, 0.1) is 12.7 Å². The van der Waals surface area contributed by atoms with Crippen LogP contribution in [-0.2, 0) is 18.9 Å².